The first kappa shape index (κ1) is 86.1. The van der Waals surface area contributed by atoms with Crippen LogP contribution in [0.3, 0.4) is 0 Å². The van der Waals surface area contributed by atoms with Crippen molar-refractivity contribution in [2.24, 2.45) is 0 Å². The molecular weight excluding hydrogens is 1130 g/mol. The molecule has 1 heterocycles. The average Bonchev–Trinajstić information content (AvgIpc) is 1.00. The molecule has 91 heavy (non-hydrogen) atoms. The number of carbonyl (C=O) groups excluding carboxylic acids is 2. The van der Waals surface area contributed by atoms with Crippen LogP contribution in [0.4, 0.5) is 0 Å². The van der Waals surface area contributed by atoms with Crippen molar-refractivity contribution in [3.63, 3.8) is 0 Å². The third-order valence-corrected chi connectivity index (χ3v) is 18.1. The summed E-state index contributed by atoms with van der Waals surface area (Å²) in [7, 11) is 0. The maximum atomic E-state index is 13.5. The lowest BCUT2D eigenvalue weighted by Crippen LogP contribution is -2.61. The Morgan fingerprint density at radius 2 is 0.758 bits per heavy atom. The molecule has 0 radical (unpaired) electrons. The molecule has 530 valence electrons. The highest BCUT2D eigenvalue weighted by atomic mass is 16.7. The molecule has 0 aromatic heterocycles. The van der Waals surface area contributed by atoms with Crippen LogP contribution in [0.5, 0.6) is 0 Å². The highest BCUT2D eigenvalue weighted by Crippen LogP contribution is 2.27. The summed E-state index contributed by atoms with van der Waals surface area (Å²) < 4.78 is 17.8. The van der Waals surface area contributed by atoms with Crippen LogP contribution < -0.4 is 5.32 Å². The zero-order chi connectivity index (χ0) is 66.0. The Bertz CT molecular complexity index is 1760. The minimum atomic E-state index is -1.62. The van der Waals surface area contributed by atoms with E-state index in [0.29, 0.717) is 12.8 Å². The van der Waals surface area contributed by atoms with Crippen molar-refractivity contribution in [2.75, 3.05) is 13.2 Å². The fourth-order valence-electron chi connectivity index (χ4n) is 12.0. The summed E-state index contributed by atoms with van der Waals surface area (Å²) in [5.74, 6) is -1.18. The predicted molar refractivity (Wildman–Crippen MR) is 384 cm³/mol. The van der Waals surface area contributed by atoms with Gasteiger partial charge in [-0.3, -0.25) is 9.59 Å². The van der Waals surface area contributed by atoms with E-state index in [0.717, 1.165) is 83.5 Å². The lowest BCUT2D eigenvalue weighted by Gasteiger charge is -2.41. The summed E-state index contributed by atoms with van der Waals surface area (Å²) >= 11 is 0. The van der Waals surface area contributed by atoms with Crippen LogP contribution in [-0.2, 0) is 23.8 Å². The second kappa shape index (κ2) is 67.1. The first-order valence-electron chi connectivity index (χ1n) is 38.7. The largest absolute Gasteiger partial charge is 0.454 e. The van der Waals surface area contributed by atoms with Gasteiger partial charge in [0, 0.05) is 6.42 Å². The van der Waals surface area contributed by atoms with Gasteiger partial charge in [0.15, 0.2) is 12.4 Å². The smallest absolute Gasteiger partial charge is 0.306 e. The normalized spacial score (nSPS) is 18.4. The first-order valence-corrected chi connectivity index (χ1v) is 38.7. The van der Waals surface area contributed by atoms with Gasteiger partial charge in [-0.15, -0.1) is 0 Å². The fourth-order valence-corrected chi connectivity index (χ4v) is 12.0. The van der Waals surface area contributed by atoms with E-state index in [9.17, 15) is 35.1 Å². The Labute approximate surface area is 560 Å². The molecule has 1 aliphatic rings. The van der Waals surface area contributed by atoms with Gasteiger partial charge in [-0.1, -0.05) is 331 Å². The van der Waals surface area contributed by atoms with Crippen molar-refractivity contribution < 1.29 is 49.3 Å². The van der Waals surface area contributed by atoms with E-state index in [2.05, 4.69) is 86.8 Å². The Morgan fingerprint density at radius 1 is 0.429 bits per heavy atom. The summed E-state index contributed by atoms with van der Waals surface area (Å²) in [5.41, 5.74) is 0. The number of hydrogen-bond acceptors (Lipinski definition) is 10. The molecular formula is C80H145NO10. The SMILES string of the molecule is CCCCC/C=C\C/C=C\C/C=C\CCCCCCCCCCCCCC(O)C(=O)NC(COC1OC(CO)C(O)C(O)C1OC(=O)CCCCCCCCCCCCCCCCC/C=C\C/C=C\CCCCC)C(O)/C=C/CCCCCCCCCCCCC. The number of esters is 1. The molecule has 8 atom stereocenters. The topological polar surface area (TPSA) is 175 Å². The molecule has 0 aromatic carbocycles. The second-order valence-corrected chi connectivity index (χ2v) is 26.7. The molecule has 1 amide bonds. The van der Waals surface area contributed by atoms with Gasteiger partial charge in [0.05, 0.1) is 25.4 Å². The third kappa shape index (κ3) is 54.0. The van der Waals surface area contributed by atoms with Gasteiger partial charge in [-0.2, -0.15) is 0 Å². The van der Waals surface area contributed by atoms with Crippen molar-refractivity contribution in [3.8, 4) is 0 Å². The molecule has 8 unspecified atom stereocenters. The van der Waals surface area contributed by atoms with Crippen LogP contribution in [-0.4, -0.2) is 99.6 Å². The van der Waals surface area contributed by atoms with Gasteiger partial charge in [0.1, 0.15) is 24.4 Å². The molecule has 1 rings (SSSR count). The van der Waals surface area contributed by atoms with Gasteiger partial charge in [0.25, 0.3) is 0 Å². The quantitative estimate of drug-likeness (QED) is 0.0195. The molecule has 0 bridgehead atoms. The highest BCUT2D eigenvalue weighted by Gasteiger charge is 2.47. The summed E-state index contributed by atoms with van der Waals surface area (Å²) in [6, 6.07) is -1.03. The molecule has 0 spiro atoms. The summed E-state index contributed by atoms with van der Waals surface area (Å²) in [4.78, 5) is 26.8. The van der Waals surface area contributed by atoms with Crippen LogP contribution in [0.2, 0.25) is 0 Å². The molecule has 11 heteroatoms. The molecule has 11 nitrogen and oxygen atoms in total. The van der Waals surface area contributed by atoms with Crippen molar-refractivity contribution >= 4 is 11.9 Å². The number of amides is 1. The molecule has 0 aromatic rings. The number of carbonyl (C=O) groups is 2. The van der Waals surface area contributed by atoms with Crippen LogP contribution >= 0.6 is 0 Å². The van der Waals surface area contributed by atoms with E-state index in [1.165, 1.54) is 231 Å². The zero-order valence-corrected chi connectivity index (χ0v) is 59.2. The number of ether oxygens (including phenoxy) is 3. The Morgan fingerprint density at radius 3 is 1.15 bits per heavy atom. The number of hydrogen-bond donors (Lipinski definition) is 6. The predicted octanol–water partition coefficient (Wildman–Crippen LogP) is 20.6. The zero-order valence-electron chi connectivity index (χ0n) is 59.2. The van der Waals surface area contributed by atoms with Crippen molar-refractivity contribution in [1.29, 1.82) is 0 Å². The molecule has 0 aliphatic carbocycles. The van der Waals surface area contributed by atoms with Crippen LogP contribution in [0.25, 0.3) is 0 Å². The Kier molecular flexibility index (Phi) is 63.5. The Hall–Kier alpha value is -2.90. The number of allylic oxidation sites excluding steroid dienone is 11. The average molecular weight is 1280 g/mol. The van der Waals surface area contributed by atoms with Gasteiger partial charge in [-0.05, 0) is 96.3 Å². The molecule has 1 saturated heterocycles. The van der Waals surface area contributed by atoms with Gasteiger partial charge in [0.2, 0.25) is 5.91 Å². The Balaban J connectivity index is 2.53. The first-order chi connectivity index (χ1) is 44.7. The molecule has 1 aliphatic heterocycles. The van der Waals surface area contributed by atoms with E-state index in [4.69, 9.17) is 14.2 Å². The van der Waals surface area contributed by atoms with Crippen LogP contribution in [0.1, 0.15) is 361 Å². The maximum absolute atomic E-state index is 13.5. The van der Waals surface area contributed by atoms with Gasteiger partial charge >= 0.3 is 5.97 Å². The van der Waals surface area contributed by atoms with E-state index in [-0.39, 0.29) is 19.4 Å². The van der Waals surface area contributed by atoms with Crippen molar-refractivity contribution in [1.82, 2.24) is 5.32 Å². The van der Waals surface area contributed by atoms with Gasteiger partial charge in [-0.25, -0.2) is 0 Å². The monoisotopic (exact) mass is 1280 g/mol. The van der Waals surface area contributed by atoms with Crippen molar-refractivity contribution in [2.45, 2.75) is 410 Å². The highest BCUT2D eigenvalue weighted by molar-refractivity contribution is 5.80. The number of aliphatic hydroxyl groups excluding tert-OH is 5. The number of nitrogens with one attached hydrogen (secondary N) is 1. The molecule has 6 N–H and O–H groups in total. The lowest BCUT2D eigenvalue weighted by molar-refractivity contribution is -0.305. The second-order valence-electron chi connectivity index (χ2n) is 26.7. The third-order valence-electron chi connectivity index (χ3n) is 18.1. The number of aliphatic hydroxyl groups is 5. The summed E-state index contributed by atoms with van der Waals surface area (Å²) in [6.07, 6.45) is 78.0. The standard InChI is InChI=1S/C80H145NO10/c1-4-7-10-13-16-19-22-25-27-29-31-33-35-37-39-41-43-45-47-50-53-56-59-62-65-68-75(85)91-78-77(87)76(86)74(69-82)90-80(78)89-70-71(72(83)66-63-60-57-54-51-48-24-21-18-15-12-9-6-3)81-79(88)73(84)67-64-61-58-55-52-49-46-44-42-40-38-36-34-32-30-28-26-23-20-17-14-11-8-5-2/h16-17,19-20,25-28,32,34,63,66,71-74,76-78,80,82-84,86-87H,4-15,18,21-24,29-31,33,35-62,64-65,67-70H2,1-3H3,(H,81,88)/b19-16-,20-17-,27-25-,28-26-,34-32-,66-63+. The maximum Gasteiger partial charge on any atom is 0.306 e. The number of rotatable bonds is 67. The van der Waals surface area contributed by atoms with E-state index in [1.54, 1.807) is 6.08 Å². The van der Waals surface area contributed by atoms with Crippen LogP contribution in [0, 0.1) is 0 Å². The minimum Gasteiger partial charge on any atom is -0.454 e. The molecule has 0 saturated carbocycles. The summed E-state index contributed by atoms with van der Waals surface area (Å²) in [6.45, 7) is 5.79. The lowest BCUT2D eigenvalue weighted by atomic mass is 9.99. The van der Waals surface area contributed by atoms with Crippen molar-refractivity contribution in [3.05, 3.63) is 72.9 Å². The van der Waals surface area contributed by atoms with E-state index >= 15 is 0 Å². The van der Waals surface area contributed by atoms with Gasteiger partial charge < -0.3 is 45.1 Å². The van der Waals surface area contributed by atoms with Crippen LogP contribution in [0.15, 0.2) is 72.9 Å². The van der Waals surface area contributed by atoms with E-state index < -0.39 is 67.4 Å². The minimum absolute atomic E-state index is 0.124. The number of unbranched alkanes of at least 4 members (excludes halogenated alkanes) is 43. The fraction of sp³-hybridized carbons (Fsp3) is 0.825. The summed E-state index contributed by atoms with van der Waals surface area (Å²) in [5, 5.41) is 57.4. The molecule has 1 fully saturated rings. The van der Waals surface area contributed by atoms with E-state index in [1.807, 2.05) is 6.08 Å².